The van der Waals surface area contributed by atoms with Gasteiger partial charge in [0.15, 0.2) is 0 Å². The van der Waals surface area contributed by atoms with Crippen molar-refractivity contribution in [2.75, 3.05) is 6.61 Å². The van der Waals surface area contributed by atoms with E-state index in [0.717, 1.165) is 10.9 Å². The lowest BCUT2D eigenvalue weighted by molar-refractivity contribution is 0.0529. The van der Waals surface area contributed by atoms with E-state index in [9.17, 15) is 4.79 Å². The standard InChI is InChI=1S/C11H10ClNO2/c1-2-15-11(14)9-6-13-10-5-7(12)3-4-8(9)10/h3-6,13H,2H2,1H3. The molecule has 0 saturated heterocycles. The van der Waals surface area contributed by atoms with Crippen molar-refractivity contribution in [2.45, 2.75) is 6.92 Å². The lowest BCUT2D eigenvalue weighted by atomic mass is 10.2. The van der Waals surface area contributed by atoms with Crippen molar-refractivity contribution in [1.29, 1.82) is 0 Å². The number of aromatic nitrogens is 1. The quantitative estimate of drug-likeness (QED) is 0.796. The monoisotopic (exact) mass is 223 g/mol. The van der Waals surface area contributed by atoms with Crippen LogP contribution in [0.1, 0.15) is 17.3 Å². The fraction of sp³-hybridized carbons (Fsp3) is 0.182. The van der Waals surface area contributed by atoms with Crippen molar-refractivity contribution in [1.82, 2.24) is 4.98 Å². The zero-order valence-corrected chi connectivity index (χ0v) is 8.97. The summed E-state index contributed by atoms with van der Waals surface area (Å²) in [5.74, 6) is -0.314. The number of carbonyl (C=O) groups excluding carboxylic acids is 1. The number of nitrogens with one attached hydrogen (secondary N) is 1. The van der Waals surface area contributed by atoms with Gasteiger partial charge in [0.2, 0.25) is 0 Å². The molecular weight excluding hydrogens is 214 g/mol. The number of esters is 1. The molecule has 0 saturated carbocycles. The lowest BCUT2D eigenvalue weighted by Crippen LogP contribution is -2.03. The van der Waals surface area contributed by atoms with E-state index in [0.29, 0.717) is 17.2 Å². The van der Waals surface area contributed by atoms with Crippen LogP contribution < -0.4 is 0 Å². The molecule has 78 valence electrons. The molecule has 1 aromatic heterocycles. The van der Waals surface area contributed by atoms with Crippen LogP contribution >= 0.6 is 11.6 Å². The maximum atomic E-state index is 11.5. The fourth-order valence-corrected chi connectivity index (χ4v) is 1.65. The van der Waals surface area contributed by atoms with Crippen LogP contribution in [0.5, 0.6) is 0 Å². The second-order valence-electron chi connectivity index (χ2n) is 3.11. The number of aromatic amines is 1. The van der Waals surface area contributed by atoms with Crippen LogP contribution in [0.15, 0.2) is 24.4 Å². The average molecular weight is 224 g/mol. The summed E-state index contributed by atoms with van der Waals surface area (Å²) in [6.07, 6.45) is 1.64. The molecule has 0 bridgehead atoms. The maximum absolute atomic E-state index is 11.5. The second kappa shape index (κ2) is 3.95. The highest BCUT2D eigenvalue weighted by molar-refractivity contribution is 6.31. The summed E-state index contributed by atoms with van der Waals surface area (Å²) in [5, 5.41) is 1.47. The number of benzene rings is 1. The van der Waals surface area contributed by atoms with E-state index in [1.54, 1.807) is 31.3 Å². The Kier molecular flexibility index (Phi) is 2.64. The number of hydrogen-bond donors (Lipinski definition) is 1. The van der Waals surface area contributed by atoms with Crippen molar-refractivity contribution < 1.29 is 9.53 Å². The third kappa shape index (κ3) is 1.83. The van der Waals surface area contributed by atoms with Gasteiger partial charge in [0.25, 0.3) is 0 Å². The minimum atomic E-state index is -0.314. The predicted octanol–water partition coefficient (Wildman–Crippen LogP) is 3.00. The van der Waals surface area contributed by atoms with E-state index < -0.39 is 0 Å². The van der Waals surface area contributed by atoms with E-state index in [4.69, 9.17) is 16.3 Å². The molecule has 0 aliphatic rings. The summed E-state index contributed by atoms with van der Waals surface area (Å²) in [6, 6.07) is 5.33. The summed E-state index contributed by atoms with van der Waals surface area (Å²) in [6.45, 7) is 2.16. The van der Waals surface area contributed by atoms with Crippen LogP contribution in [0.25, 0.3) is 10.9 Å². The van der Waals surface area contributed by atoms with E-state index in [1.807, 2.05) is 0 Å². The Labute approximate surface area is 92.0 Å². The normalized spacial score (nSPS) is 10.5. The molecule has 0 aliphatic heterocycles. The second-order valence-corrected chi connectivity index (χ2v) is 3.55. The zero-order chi connectivity index (χ0) is 10.8. The number of hydrogen-bond acceptors (Lipinski definition) is 2. The molecule has 0 fully saturated rings. The molecule has 1 heterocycles. The SMILES string of the molecule is CCOC(=O)c1c[nH]c2cc(Cl)ccc12. The van der Waals surface area contributed by atoms with Crippen LogP contribution in [-0.2, 0) is 4.74 Å². The molecule has 0 amide bonds. The molecule has 0 radical (unpaired) electrons. The van der Waals surface area contributed by atoms with E-state index in [-0.39, 0.29) is 5.97 Å². The van der Waals surface area contributed by atoms with E-state index in [2.05, 4.69) is 4.98 Å². The Morgan fingerprint density at radius 2 is 2.33 bits per heavy atom. The first-order valence-electron chi connectivity index (χ1n) is 4.66. The summed E-state index contributed by atoms with van der Waals surface area (Å²) < 4.78 is 4.93. The highest BCUT2D eigenvalue weighted by atomic mass is 35.5. The summed E-state index contributed by atoms with van der Waals surface area (Å²) in [5.41, 5.74) is 1.38. The largest absolute Gasteiger partial charge is 0.462 e. The molecule has 1 aromatic carbocycles. The third-order valence-corrected chi connectivity index (χ3v) is 2.37. The number of ether oxygens (including phenoxy) is 1. The van der Waals surface area contributed by atoms with Gasteiger partial charge >= 0.3 is 5.97 Å². The molecule has 3 nitrogen and oxygen atoms in total. The molecule has 1 N–H and O–H groups in total. The Morgan fingerprint density at radius 1 is 1.53 bits per heavy atom. The van der Waals surface area contributed by atoms with Gasteiger partial charge in [-0.25, -0.2) is 4.79 Å². The Bertz CT molecular complexity index is 504. The van der Waals surface area contributed by atoms with Crippen molar-refractivity contribution in [3.8, 4) is 0 Å². The number of rotatable bonds is 2. The van der Waals surface area contributed by atoms with Gasteiger partial charge in [0, 0.05) is 22.1 Å². The average Bonchev–Trinajstić information content (AvgIpc) is 2.60. The van der Waals surface area contributed by atoms with Gasteiger partial charge in [-0.1, -0.05) is 17.7 Å². The van der Waals surface area contributed by atoms with Gasteiger partial charge in [-0.15, -0.1) is 0 Å². The van der Waals surface area contributed by atoms with Gasteiger partial charge in [-0.05, 0) is 19.1 Å². The van der Waals surface area contributed by atoms with Crippen molar-refractivity contribution in [3.05, 3.63) is 35.0 Å². The smallest absolute Gasteiger partial charge is 0.340 e. The van der Waals surface area contributed by atoms with Gasteiger partial charge in [-0.3, -0.25) is 0 Å². The molecule has 15 heavy (non-hydrogen) atoms. The minimum absolute atomic E-state index is 0.314. The van der Waals surface area contributed by atoms with Crippen molar-refractivity contribution in [2.24, 2.45) is 0 Å². The minimum Gasteiger partial charge on any atom is -0.462 e. The van der Waals surface area contributed by atoms with Crippen molar-refractivity contribution in [3.63, 3.8) is 0 Å². The van der Waals surface area contributed by atoms with Crippen LogP contribution in [0.4, 0.5) is 0 Å². The van der Waals surface area contributed by atoms with E-state index >= 15 is 0 Å². The molecule has 0 atom stereocenters. The number of fused-ring (bicyclic) bond motifs is 1. The maximum Gasteiger partial charge on any atom is 0.340 e. The number of H-pyrrole nitrogens is 1. The number of carbonyl (C=O) groups is 1. The Morgan fingerprint density at radius 3 is 3.07 bits per heavy atom. The Balaban J connectivity index is 2.49. The summed E-state index contributed by atoms with van der Waals surface area (Å²) >= 11 is 5.83. The lowest BCUT2D eigenvalue weighted by Gasteiger charge is -1.99. The van der Waals surface area contributed by atoms with Crippen LogP contribution in [-0.4, -0.2) is 17.6 Å². The first-order chi connectivity index (χ1) is 7.22. The molecule has 2 rings (SSSR count). The van der Waals surface area contributed by atoms with Crippen molar-refractivity contribution >= 4 is 28.5 Å². The molecule has 2 aromatic rings. The number of halogens is 1. The summed E-state index contributed by atoms with van der Waals surface area (Å²) in [4.78, 5) is 14.5. The van der Waals surface area contributed by atoms with Crippen LogP contribution in [0, 0.1) is 0 Å². The third-order valence-electron chi connectivity index (χ3n) is 2.14. The summed E-state index contributed by atoms with van der Waals surface area (Å²) in [7, 11) is 0. The molecular formula is C11H10ClNO2. The fourth-order valence-electron chi connectivity index (χ4n) is 1.48. The van der Waals surface area contributed by atoms with Gasteiger partial charge in [0.1, 0.15) is 0 Å². The van der Waals surface area contributed by atoms with Gasteiger partial charge in [0.05, 0.1) is 12.2 Å². The van der Waals surface area contributed by atoms with Gasteiger partial charge < -0.3 is 9.72 Å². The van der Waals surface area contributed by atoms with Gasteiger partial charge in [-0.2, -0.15) is 0 Å². The van der Waals surface area contributed by atoms with Crippen LogP contribution in [0.3, 0.4) is 0 Å². The highest BCUT2D eigenvalue weighted by Gasteiger charge is 2.12. The first kappa shape index (κ1) is 10.1. The Hall–Kier alpha value is -1.48. The van der Waals surface area contributed by atoms with E-state index in [1.165, 1.54) is 0 Å². The predicted molar refractivity (Wildman–Crippen MR) is 59.3 cm³/mol. The highest BCUT2D eigenvalue weighted by Crippen LogP contribution is 2.22. The molecule has 0 unspecified atom stereocenters. The molecule has 0 aliphatic carbocycles. The molecule has 4 heteroatoms. The topological polar surface area (TPSA) is 42.1 Å². The first-order valence-corrected chi connectivity index (χ1v) is 5.04. The zero-order valence-electron chi connectivity index (χ0n) is 8.21. The molecule has 0 spiro atoms. The van der Waals surface area contributed by atoms with Crippen LogP contribution in [0.2, 0.25) is 5.02 Å².